The van der Waals surface area contributed by atoms with Crippen LogP contribution in [0.3, 0.4) is 0 Å². The van der Waals surface area contributed by atoms with E-state index >= 15 is 0 Å². The van der Waals surface area contributed by atoms with Crippen LogP contribution in [0.4, 0.5) is 0 Å². The molecule has 0 radical (unpaired) electrons. The smallest absolute Gasteiger partial charge is 0.0615 e. The number of methoxy groups -OCH3 is 1. The van der Waals surface area contributed by atoms with Gasteiger partial charge in [-0.05, 0) is 44.7 Å². The molecular formula is C12H28N2O. The Bertz CT molecular complexity index is 129. The number of rotatable bonds is 10. The molecule has 0 spiro atoms. The highest BCUT2D eigenvalue weighted by atomic mass is 16.5. The normalized spacial score (nSPS) is 13.4. The van der Waals surface area contributed by atoms with E-state index < -0.39 is 0 Å². The summed E-state index contributed by atoms with van der Waals surface area (Å²) in [6.45, 7) is 7.19. The molecule has 3 nitrogen and oxygen atoms in total. The molecule has 0 aromatic carbocycles. The van der Waals surface area contributed by atoms with E-state index in [4.69, 9.17) is 10.5 Å². The zero-order valence-electron chi connectivity index (χ0n) is 10.6. The maximum absolute atomic E-state index is 5.50. The lowest BCUT2D eigenvalue weighted by atomic mass is 10.1. The minimum Gasteiger partial charge on any atom is -0.383 e. The van der Waals surface area contributed by atoms with E-state index in [1.165, 1.54) is 12.8 Å². The first-order valence-corrected chi connectivity index (χ1v) is 6.13. The molecule has 0 aromatic rings. The highest BCUT2D eigenvalue weighted by Gasteiger charge is 2.06. The van der Waals surface area contributed by atoms with Crippen LogP contribution in [0.5, 0.6) is 0 Å². The van der Waals surface area contributed by atoms with E-state index in [1.54, 1.807) is 7.11 Å². The van der Waals surface area contributed by atoms with Gasteiger partial charge in [0.1, 0.15) is 0 Å². The van der Waals surface area contributed by atoms with Crippen molar-refractivity contribution in [1.29, 1.82) is 0 Å². The van der Waals surface area contributed by atoms with Crippen LogP contribution in [0, 0.1) is 5.92 Å². The Kier molecular flexibility index (Phi) is 10.3. The van der Waals surface area contributed by atoms with Gasteiger partial charge in [-0.15, -0.1) is 0 Å². The maximum atomic E-state index is 5.50. The fourth-order valence-corrected chi connectivity index (χ4v) is 1.63. The van der Waals surface area contributed by atoms with Crippen LogP contribution in [0.25, 0.3) is 0 Å². The molecule has 0 rings (SSSR count). The fraction of sp³-hybridized carbons (Fsp3) is 1.00. The van der Waals surface area contributed by atoms with Crippen LogP contribution in [0.15, 0.2) is 0 Å². The van der Waals surface area contributed by atoms with Gasteiger partial charge >= 0.3 is 0 Å². The molecule has 0 aliphatic rings. The SMILES string of the molecule is COCC(CCCN)NCCCC(C)C. The molecule has 0 bridgehead atoms. The molecule has 0 fully saturated rings. The number of hydrogen-bond donors (Lipinski definition) is 2. The van der Waals surface area contributed by atoms with Crippen molar-refractivity contribution in [3.8, 4) is 0 Å². The number of ether oxygens (including phenoxy) is 1. The van der Waals surface area contributed by atoms with Gasteiger partial charge in [-0.25, -0.2) is 0 Å². The van der Waals surface area contributed by atoms with Crippen molar-refractivity contribution >= 4 is 0 Å². The largest absolute Gasteiger partial charge is 0.383 e. The predicted molar refractivity (Wildman–Crippen MR) is 66.0 cm³/mol. The molecule has 0 aliphatic carbocycles. The lowest BCUT2D eigenvalue weighted by molar-refractivity contribution is 0.161. The summed E-state index contributed by atoms with van der Waals surface area (Å²) >= 11 is 0. The maximum Gasteiger partial charge on any atom is 0.0615 e. The van der Waals surface area contributed by atoms with Gasteiger partial charge in [0.15, 0.2) is 0 Å². The summed E-state index contributed by atoms with van der Waals surface area (Å²) < 4.78 is 5.18. The molecule has 92 valence electrons. The molecule has 0 saturated heterocycles. The molecule has 0 amide bonds. The van der Waals surface area contributed by atoms with Crippen molar-refractivity contribution in [2.24, 2.45) is 11.7 Å². The zero-order valence-corrected chi connectivity index (χ0v) is 10.6. The van der Waals surface area contributed by atoms with Crippen LogP contribution in [-0.2, 0) is 4.74 Å². The quantitative estimate of drug-likeness (QED) is 0.547. The molecule has 0 aliphatic heterocycles. The summed E-state index contributed by atoms with van der Waals surface area (Å²) in [7, 11) is 1.76. The van der Waals surface area contributed by atoms with Crippen LogP contribution in [0.1, 0.15) is 39.5 Å². The van der Waals surface area contributed by atoms with Gasteiger partial charge in [-0.2, -0.15) is 0 Å². The third-order valence-corrected chi connectivity index (χ3v) is 2.52. The van der Waals surface area contributed by atoms with Gasteiger partial charge in [0, 0.05) is 13.2 Å². The second-order valence-electron chi connectivity index (χ2n) is 4.57. The lowest BCUT2D eigenvalue weighted by Gasteiger charge is -2.17. The van der Waals surface area contributed by atoms with Gasteiger partial charge in [-0.1, -0.05) is 13.8 Å². The number of nitrogens with two attached hydrogens (primary N) is 1. The van der Waals surface area contributed by atoms with Gasteiger partial charge in [0.05, 0.1) is 6.61 Å². The Morgan fingerprint density at radius 1 is 1.20 bits per heavy atom. The van der Waals surface area contributed by atoms with Crippen molar-refractivity contribution in [2.45, 2.75) is 45.6 Å². The van der Waals surface area contributed by atoms with Gasteiger partial charge in [0.25, 0.3) is 0 Å². The van der Waals surface area contributed by atoms with Crippen molar-refractivity contribution in [1.82, 2.24) is 5.32 Å². The Morgan fingerprint density at radius 3 is 2.47 bits per heavy atom. The van der Waals surface area contributed by atoms with Crippen molar-refractivity contribution in [3.63, 3.8) is 0 Å². The molecule has 15 heavy (non-hydrogen) atoms. The molecule has 3 N–H and O–H groups in total. The molecule has 0 heterocycles. The van der Waals surface area contributed by atoms with Crippen molar-refractivity contribution in [2.75, 3.05) is 26.8 Å². The summed E-state index contributed by atoms with van der Waals surface area (Å²) in [5.74, 6) is 0.803. The van der Waals surface area contributed by atoms with Crippen molar-refractivity contribution in [3.05, 3.63) is 0 Å². The zero-order chi connectivity index (χ0) is 11.5. The highest BCUT2D eigenvalue weighted by molar-refractivity contribution is 4.66. The Labute approximate surface area is 94.8 Å². The third kappa shape index (κ3) is 10.2. The molecule has 3 heteroatoms. The summed E-state index contributed by atoms with van der Waals surface area (Å²) in [4.78, 5) is 0. The lowest BCUT2D eigenvalue weighted by Crippen LogP contribution is -2.34. The Balaban J connectivity index is 3.47. The first kappa shape index (κ1) is 14.9. The average molecular weight is 216 g/mol. The van der Waals surface area contributed by atoms with E-state index in [-0.39, 0.29) is 0 Å². The summed E-state index contributed by atoms with van der Waals surface area (Å²) in [5, 5.41) is 3.53. The topological polar surface area (TPSA) is 47.3 Å². The van der Waals surface area contributed by atoms with E-state index in [2.05, 4.69) is 19.2 Å². The molecule has 1 unspecified atom stereocenters. The number of nitrogens with one attached hydrogen (secondary N) is 1. The average Bonchev–Trinajstić information content (AvgIpc) is 2.20. The molecule has 0 saturated carbocycles. The van der Waals surface area contributed by atoms with Crippen LogP contribution < -0.4 is 11.1 Å². The van der Waals surface area contributed by atoms with Gasteiger partial charge < -0.3 is 15.8 Å². The predicted octanol–water partition coefficient (Wildman–Crippen LogP) is 1.77. The van der Waals surface area contributed by atoms with E-state index in [0.717, 1.165) is 38.5 Å². The molecular weight excluding hydrogens is 188 g/mol. The van der Waals surface area contributed by atoms with Crippen LogP contribution in [-0.4, -0.2) is 32.8 Å². The minimum atomic E-state index is 0.478. The standard InChI is InChI=1S/C12H28N2O/c1-11(2)6-5-9-14-12(10-15-3)7-4-8-13/h11-12,14H,4-10,13H2,1-3H3. The second-order valence-corrected chi connectivity index (χ2v) is 4.57. The first-order chi connectivity index (χ1) is 7.20. The fourth-order valence-electron chi connectivity index (χ4n) is 1.63. The molecule has 1 atom stereocenters. The van der Waals surface area contributed by atoms with Crippen LogP contribution >= 0.6 is 0 Å². The third-order valence-electron chi connectivity index (χ3n) is 2.52. The van der Waals surface area contributed by atoms with Crippen LogP contribution in [0.2, 0.25) is 0 Å². The second kappa shape index (κ2) is 10.4. The van der Waals surface area contributed by atoms with Crippen molar-refractivity contribution < 1.29 is 4.74 Å². The Hall–Kier alpha value is -0.120. The monoisotopic (exact) mass is 216 g/mol. The number of hydrogen-bond acceptors (Lipinski definition) is 3. The summed E-state index contributed by atoms with van der Waals surface area (Å²) in [5.41, 5.74) is 5.50. The molecule has 0 aromatic heterocycles. The minimum absolute atomic E-state index is 0.478. The van der Waals surface area contributed by atoms with E-state index in [9.17, 15) is 0 Å². The summed E-state index contributed by atoms with van der Waals surface area (Å²) in [6.07, 6.45) is 4.74. The highest BCUT2D eigenvalue weighted by Crippen LogP contribution is 2.03. The summed E-state index contributed by atoms with van der Waals surface area (Å²) in [6, 6.07) is 0.478. The van der Waals surface area contributed by atoms with E-state index in [0.29, 0.717) is 6.04 Å². The van der Waals surface area contributed by atoms with Gasteiger partial charge in [0.2, 0.25) is 0 Å². The van der Waals surface area contributed by atoms with Gasteiger partial charge in [-0.3, -0.25) is 0 Å². The Morgan fingerprint density at radius 2 is 1.93 bits per heavy atom. The van der Waals surface area contributed by atoms with E-state index in [1.807, 2.05) is 0 Å². The first-order valence-electron chi connectivity index (χ1n) is 6.13.